The molecule has 3 unspecified atom stereocenters. The van der Waals surface area contributed by atoms with Gasteiger partial charge in [-0.05, 0) is 49.7 Å². The molecular weight excluding hydrogens is 298 g/mol. The zero-order chi connectivity index (χ0) is 16.3. The number of para-hydroxylation sites is 1. The van der Waals surface area contributed by atoms with E-state index < -0.39 is 0 Å². The molecule has 0 radical (unpaired) electrons. The summed E-state index contributed by atoms with van der Waals surface area (Å²) in [6.45, 7) is 1.69. The fourth-order valence-electron chi connectivity index (χ4n) is 4.60. The minimum absolute atomic E-state index is 0.164. The Morgan fingerprint density at radius 2 is 1.96 bits per heavy atom. The van der Waals surface area contributed by atoms with Gasteiger partial charge in [-0.1, -0.05) is 18.2 Å². The largest absolute Gasteiger partial charge is 0.338 e. The summed E-state index contributed by atoms with van der Waals surface area (Å²) < 4.78 is 0. The number of carbonyl (C=O) groups excluding carboxylic acids is 1. The summed E-state index contributed by atoms with van der Waals surface area (Å²) in [6, 6.07) is 10.4. The Balaban J connectivity index is 1.52. The van der Waals surface area contributed by atoms with E-state index in [-0.39, 0.29) is 11.9 Å². The first-order chi connectivity index (χ1) is 11.7. The first kappa shape index (κ1) is 14.4. The molecule has 2 aromatic rings. The molecule has 4 nitrogen and oxygen atoms in total. The van der Waals surface area contributed by atoms with Gasteiger partial charge in [-0.2, -0.15) is 0 Å². The van der Waals surface area contributed by atoms with Gasteiger partial charge in [0.1, 0.15) is 0 Å². The zero-order valence-corrected chi connectivity index (χ0v) is 13.8. The Hall–Kier alpha value is -1.94. The highest BCUT2D eigenvalue weighted by Gasteiger charge is 2.43. The van der Waals surface area contributed by atoms with E-state index >= 15 is 0 Å². The predicted octanol–water partition coefficient (Wildman–Crippen LogP) is 2.92. The number of nitrogens with zero attached hydrogens (tertiary/aromatic N) is 2. The van der Waals surface area contributed by atoms with Gasteiger partial charge < -0.3 is 10.6 Å². The van der Waals surface area contributed by atoms with Gasteiger partial charge in [-0.25, -0.2) is 0 Å². The topological polar surface area (TPSA) is 59.2 Å². The Morgan fingerprint density at radius 3 is 2.75 bits per heavy atom. The smallest absolute Gasteiger partial charge is 0.254 e. The molecule has 1 aromatic heterocycles. The van der Waals surface area contributed by atoms with Crippen LogP contribution in [0.4, 0.5) is 0 Å². The van der Waals surface area contributed by atoms with Crippen LogP contribution in [0.25, 0.3) is 10.9 Å². The Labute approximate surface area is 142 Å². The maximum atomic E-state index is 13.3. The molecule has 1 aromatic carbocycles. The SMILES string of the molecule is NC1CCC2CN(C(=O)c3cc(C4CC4)nc4ccccc34)CC12. The molecule has 4 heteroatoms. The molecule has 2 saturated carbocycles. The van der Waals surface area contributed by atoms with Crippen molar-refractivity contribution in [3.8, 4) is 0 Å². The normalized spacial score (nSPS) is 29.2. The van der Waals surface area contributed by atoms with Crippen LogP contribution >= 0.6 is 0 Å². The Morgan fingerprint density at radius 1 is 1.12 bits per heavy atom. The molecule has 3 aliphatic rings. The average Bonchev–Trinajstić information content (AvgIpc) is 3.28. The molecule has 24 heavy (non-hydrogen) atoms. The van der Waals surface area contributed by atoms with Crippen LogP contribution in [-0.2, 0) is 0 Å². The fraction of sp³-hybridized carbons (Fsp3) is 0.500. The van der Waals surface area contributed by atoms with E-state index in [4.69, 9.17) is 10.7 Å². The van der Waals surface area contributed by atoms with Gasteiger partial charge in [-0.3, -0.25) is 9.78 Å². The number of fused-ring (bicyclic) bond motifs is 2. The lowest BCUT2D eigenvalue weighted by Crippen LogP contribution is -2.33. The first-order valence-corrected chi connectivity index (χ1v) is 9.15. The van der Waals surface area contributed by atoms with E-state index in [2.05, 4.69) is 6.07 Å². The highest BCUT2D eigenvalue weighted by Crippen LogP contribution is 2.41. The van der Waals surface area contributed by atoms with E-state index in [0.29, 0.717) is 17.8 Å². The second kappa shape index (κ2) is 5.28. The summed E-state index contributed by atoms with van der Waals surface area (Å²) in [7, 11) is 0. The van der Waals surface area contributed by atoms with Gasteiger partial charge in [0.2, 0.25) is 0 Å². The molecule has 5 rings (SSSR count). The second-order valence-electron chi connectivity index (χ2n) is 7.76. The number of carbonyl (C=O) groups is 1. The lowest BCUT2D eigenvalue weighted by atomic mass is 9.98. The van der Waals surface area contributed by atoms with Crippen molar-refractivity contribution in [2.75, 3.05) is 13.1 Å². The molecule has 2 aliphatic carbocycles. The number of pyridine rings is 1. The molecule has 124 valence electrons. The van der Waals surface area contributed by atoms with Crippen LogP contribution < -0.4 is 5.73 Å². The van der Waals surface area contributed by atoms with Crippen molar-refractivity contribution in [1.82, 2.24) is 9.88 Å². The van der Waals surface area contributed by atoms with Crippen molar-refractivity contribution in [1.29, 1.82) is 0 Å². The van der Waals surface area contributed by atoms with Crippen LogP contribution in [-0.4, -0.2) is 34.9 Å². The number of benzene rings is 1. The number of rotatable bonds is 2. The highest BCUT2D eigenvalue weighted by atomic mass is 16.2. The fourth-order valence-corrected chi connectivity index (χ4v) is 4.60. The monoisotopic (exact) mass is 321 g/mol. The maximum absolute atomic E-state index is 13.3. The molecule has 0 spiro atoms. The van der Waals surface area contributed by atoms with Crippen molar-refractivity contribution in [3.63, 3.8) is 0 Å². The molecule has 1 saturated heterocycles. The highest BCUT2D eigenvalue weighted by molar-refractivity contribution is 6.06. The summed E-state index contributed by atoms with van der Waals surface area (Å²) in [4.78, 5) is 20.1. The number of aromatic nitrogens is 1. The van der Waals surface area contributed by atoms with Crippen LogP contribution in [0.1, 0.15) is 47.7 Å². The number of hydrogen-bond acceptors (Lipinski definition) is 3. The summed E-state index contributed by atoms with van der Waals surface area (Å²) in [5.41, 5.74) is 9.10. The number of likely N-dealkylation sites (tertiary alicyclic amines) is 1. The molecule has 2 heterocycles. The minimum atomic E-state index is 0.164. The third-order valence-electron chi connectivity index (χ3n) is 6.16. The third-order valence-corrected chi connectivity index (χ3v) is 6.16. The van der Waals surface area contributed by atoms with Gasteiger partial charge >= 0.3 is 0 Å². The van der Waals surface area contributed by atoms with Gasteiger partial charge in [0.05, 0.1) is 11.1 Å². The zero-order valence-electron chi connectivity index (χ0n) is 13.8. The van der Waals surface area contributed by atoms with Crippen molar-refractivity contribution in [2.45, 2.75) is 37.6 Å². The van der Waals surface area contributed by atoms with Gasteiger partial charge in [0.15, 0.2) is 0 Å². The van der Waals surface area contributed by atoms with E-state index in [9.17, 15) is 4.79 Å². The Kier molecular flexibility index (Phi) is 3.17. The van der Waals surface area contributed by atoms with Crippen molar-refractivity contribution < 1.29 is 4.79 Å². The molecule has 1 amide bonds. The lowest BCUT2D eigenvalue weighted by molar-refractivity contribution is 0.0781. The second-order valence-corrected chi connectivity index (χ2v) is 7.76. The maximum Gasteiger partial charge on any atom is 0.254 e. The third kappa shape index (κ3) is 2.24. The quantitative estimate of drug-likeness (QED) is 0.925. The standard InChI is InChI=1S/C20H23N3O/c21-17-8-7-13-10-23(11-16(13)17)20(24)15-9-19(12-5-6-12)22-18-4-2-1-3-14(15)18/h1-4,9,12-13,16-17H,5-8,10-11,21H2. The van der Waals surface area contributed by atoms with E-state index in [1.54, 1.807) is 0 Å². The minimum Gasteiger partial charge on any atom is -0.338 e. The molecule has 2 N–H and O–H groups in total. The van der Waals surface area contributed by atoms with E-state index in [0.717, 1.165) is 41.7 Å². The first-order valence-electron chi connectivity index (χ1n) is 9.15. The van der Waals surface area contributed by atoms with Crippen LogP contribution in [0.15, 0.2) is 30.3 Å². The molecule has 3 atom stereocenters. The van der Waals surface area contributed by atoms with Crippen molar-refractivity contribution in [3.05, 3.63) is 41.6 Å². The van der Waals surface area contributed by atoms with Crippen LogP contribution in [0.5, 0.6) is 0 Å². The summed E-state index contributed by atoms with van der Waals surface area (Å²) in [5, 5.41) is 0.980. The van der Waals surface area contributed by atoms with E-state index in [1.807, 2.05) is 29.2 Å². The van der Waals surface area contributed by atoms with Crippen LogP contribution in [0.3, 0.4) is 0 Å². The van der Waals surface area contributed by atoms with Crippen molar-refractivity contribution >= 4 is 16.8 Å². The summed E-state index contributed by atoms with van der Waals surface area (Å²) in [6.07, 6.45) is 4.67. The van der Waals surface area contributed by atoms with Crippen molar-refractivity contribution in [2.24, 2.45) is 17.6 Å². The number of amides is 1. The number of hydrogen-bond donors (Lipinski definition) is 1. The molecular formula is C20H23N3O. The summed E-state index contributed by atoms with van der Waals surface area (Å²) >= 11 is 0. The van der Waals surface area contributed by atoms with Gasteiger partial charge in [0.25, 0.3) is 5.91 Å². The number of nitrogens with two attached hydrogens (primary N) is 1. The molecule has 3 fully saturated rings. The Bertz CT molecular complexity index is 814. The van der Waals surface area contributed by atoms with Crippen LogP contribution in [0, 0.1) is 11.8 Å². The van der Waals surface area contributed by atoms with Gasteiger partial charge in [-0.15, -0.1) is 0 Å². The van der Waals surface area contributed by atoms with Crippen LogP contribution in [0.2, 0.25) is 0 Å². The lowest BCUT2D eigenvalue weighted by Gasteiger charge is -2.20. The molecule has 0 bridgehead atoms. The predicted molar refractivity (Wildman–Crippen MR) is 93.8 cm³/mol. The summed E-state index contributed by atoms with van der Waals surface area (Å²) in [5.74, 6) is 1.80. The molecule has 1 aliphatic heterocycles. The average molecular weight is 321 g/mol. The van der Waals surface area contributed by atoms with Gasteiger partial charge in [0, 0.05) is 36.1 Å². The van der Waals surface area contributed by atoms with E-state index in [1.165, 1.54) is 19.3 Å².